The van der Waals surface area contributed by atoms with E-state index in [4.69, 9.17) is 0 Å². The number of hydrogen-bond donors (Lipinski definition) is 0. The molecule has 0 atom stereocenters. The SMILES string of the molecule is C=CCN(CC(=O)N(C)Cc1ccc(F)cc1)Cc1ccccc1F. The lowest BCUT2D eigenvalue weighted by Gasteiger charge is -2.24. The van der Waals surface area contributed by atoms with Crippen LogP contribution in [0.3, 0.4) is 0 Å². The van der Waals surface area contributed by atoms with Gasteiger partial charge in [-0.25, -0.2) is 8.78 Å². The van der Waals surface area contributed by atoms with Gasteiger partial charge in [0, 0.05) is 32.2 Å². The van der Waals surface area contributed by atoms with Crippen molar-refractivity contribution in [2.75, 3.05) is 20.1 Å². The first-order valence-electron chi connectivity index (χ1n) is 8.04. The van der Waals surface area contributed by atoms with E-state index in [1.165, 1.54) is 18.2 Å². The first-order chi connectivity index (χ1) is 12.0. The lowest BCUT2D eigenvalue weighted by Crippen LogP contribution is -2.38. The van der Waals surface area contributed by atoms with Crippen LogP contribution < -0.4 is 0 Å². The van der Waals surface area contributed by atoms with Gasteiger partial charge in [-0.05, 0) is 23.8 Å². The lowest BCUT2D eigenvalue weighted by atomic mass is 10.2. The highest BCUT2D eigenvalue weighted by Gasteiger charge is 2.15. The van der Waals surface area contributed by atoms with Crippen LogP contribution in [0.25, 0.3) is 0 Å². The third kappa shape index (κ3) is 5.80. The van der Waals surface area contributed by atoms with E-state index >= 15 is 0 Å². The fraction of sp³-hybridized carbons (Fsp3) is 0.250. The summed E-state index contributed by atoms with van der Waals surface area (Å²) in [6, 6.07) is 12.6. The van der Waals surface area contributed by atoms with Gasteiger partial charge in [-0.1, -0.05) is 36.4 Å². The highest BCUT2D eigenvalue weighted by molar-refractivity contribution is 5.78. The molecule has 5 heteroatoms. The zero-order valence-electron chi connectivity index (χ0n) is 14.3. The Labute approximate surface area is 147 Å². The molecule has 2 rings (SSSR count). The monoisotopic (exact) mass is 344 g/mol. The first-order valence-corrected chi connectivity index (χ1v) is 8.04. The van der Waals surface area contributed by atoms with Gasteiger partial charge in [0.2, 0.25) is 5.91 Å². The Balaban J connectivity index is 1.97. The molecule has 0 N–H and O–H groups in total. The van der Waals surface area contributed by atoms with Crippen molar-refractivity contribution in [3.8, 4) is 0 Å². The molecular weight excluding hydrogens is 322 g/mol. The largest absolute Gasteiger partial charge is 0.340 e. The zero-order valence-corrected chi connectivity index (χ0v) is 14.3. The zero-order chi connectivity index (χ0) is 18.2. The standard InChI is InChI=1S/C20H22F2N2O/c1-3-12-24(14-17-6-4-5-7-19(17)22)15-20(25)23(2)13-16-8-10-18(21)11-9-16/h3-11H,1,12-15H2,2H3. The van der Waals surface area contributed by atoms with Gasteiger partial charge in [0.1, 0.15) is 11.6 Å². The van der Waals surface area contributed by atoms with E-state index in [-0.39, 0.29) is 24.1 Å². The maximum absolute atomic E-state index is 13.8. The molecule has 2 aromatic rings. The Kier molecular flexibility index (Phi) is 6.83. The lowest BCUT2D eigenvalue weighted by molar-refractivity contribution is -0.131. The van der Waals surface area contributed by atoms with E-state index in [1.807, 2.05) is 4.90 Å². The van der Waals surface area contributed by atoms with Crippen LogP contribution in [0.4, 0.5) is 8.78 Å². The van der Waals surface area contributed by atoms with Gasteiger partial charge in [-0.3, -0.25) is 9.69 Å². The Hall–Kier alpha value is -2.53. The molecule has 25 heavy (non-hydrogen) atoms. The number of amides is 1. The Morgan fingerprint density at radius 1 is 1.08 bits per heavy atom. The second kappa shape index (κ2) is 9.08. The highest BCUT2D eigenvalue weighted by Crippen LogP contribution is 2.11. The molecule has 132 valence electrons. The van der Waals surface area contributed by atoms with Crippen molar-refractivity contribution in [2.45, 2.75) is 13.1 Å². The molecule has 0 aliphatic rings. The smallest absolute Gasteiger partial charge is 0.236 e. The quantitative estimate of drug-likeness (QED) is 0.683. The average molecular weight is 344 g/mol. The Bertz CT molecular complexity index is 716. The third-order valence-electron chi connectivity index (χ3n) is 3.86. The van der Waals surface area contributed by atoms with Crippen LogP contribution in [0.1, 0.15) is 11.1 Å². The van der Waals surface area contributed by atoms with Crippen LogP contribution in [0.2, 0.25) is 0 Å². The number of halogens is 2. The van der Waals surface area contributed by atoms with Crippen molar-refractivity contribution in [3.05, 3.63) is 83.9 Å². The molecule has 0 unspecified atom stereocenters. The second-order valence-electron chi connectivity index (χ2n) is 5.93. The molecule has 3 nitrogen and oxygen atoms in total. The van der Waals surface area contributed by atoms with E-state index in [9.17, 15) is 13.6 Å². The maximum Gasteiger partial charge on any atom is 0.236 e. The van der Waals surface area contributed by atoms with Gasteiger partial charge in [-0.15, -0.1) is 6.58 Å². The highest BCUT2D eigenvalue weighted by atomic mass is 19.1. The molecule has 0 spiro atoms. The molecule has 0 aromatic heterocycles. The molecule has 0 heterocycles. The number of nitrogens with zero attached hydrogens (tertiary/aromatic N) is 2. The summed E-state index contributed by atoms with van der Waals surface area (Å²) in [6.45, 7) is 5.04. The van der Waals surface area contributed by atoms with Crippen molar-refractivity contribution in [3.63, 3.8) is 0 Å². The van der Waals surface area contributed by atoms with E-state index in [2.05, 4.69) is 6.58 Å². The van der Waals surface area contributed by atoms with E-state index in [0.29, 0.717) is 25.2 Å². The van der Waals surface area contributed by atoms with E-state index in [1.54, 1.807) is 48.4 Å². The number of benzene rings is 2. The molecule has 0 aliphatic heterocycles. The van der Waals surface area contributed by atoms with Gasteiger partial charge in [-0.2, -0.15) is 0 Å². The summed E-state index contributed by atoms with van der Waals surface area (Å²) in [7, 11) is 1.70. The number of hydrogen-bond acceptors (Lipinski definition) is 2. The molecule has 0 saturated carbocycles. The van der Waals surface area contributed by atoms with Gasteiger partial charge in [0.05, 0.1) is 6.54 Å². The minimum Gasteiger partial charge on any atom is -0.340 e. The molecule has 0 radical (unpaired) electrons. The second-order valence-corrected chi connectivity index (χ2v) is 5.93. The van der Waals surface area contributed by atoms with Crippen molar-refractivity contribution in [2.24, 2.45) is 0 Å². The van der Waals surface area contributed by atoms with Crippen LogP contribution in [0.5, 0.6) is 0 Å². The van der Waals surface area contributed by atoms with Gasteiger partial charge in [0.25, 0.3) is 0 Å². The summed E-state index contributed by atoms with van der Waals surface area (Å²) in [6.07, 6.45) is 1.69. The van der Waals surface area contributed by atoms with Crippen molar-refractivity contribution >= 4 is 5.91 Å². The van der Waals surface area contributed by atoms with E-state index in [0.717, 1.165) is 5.56 Å². The van der Waals surface area contributed by atoms with Crippen molar-refractivity contribution < 1.29 is 13.6 Å². The third-order valence-corrected chi connectivity index (χ3v) is 3.86. The molecule has 2 aromatic carbocycles. The number of carbonyl (C=O) groups excluding carboxylic acids is 1. The van der Waals surface area contributed by atoms with Gasteiger partial charge >= 0.3 is 0 Å². The predicted molar refractivity (Wildman–Crippen MR) is 94.7 cm³/mol. The minimum absolute atomic E-state index is 0.0949. The predicted octanol–water partition coefficient (Wildman–Crippen LogP) is 3.61. The summed E-state index contributed by atoms with van der Waals surface area (Å²) >= 11 is 0. The van der Waals surface area contributed by atoms with Crippen molar-refractivity contribution in [1.82, 2.24) is 9.80 Å². The summed E-state index contributed by atoms with van der Waals surface area (Å²) in [5, 5.41) is 0. The topological polar surface area (TPSA) is 23.6 Å². The minimum atomic E-state index is -0.306. The molecule has 1 amide bonds. The summed E-state index contributed by atoms with van der Waals surface area (Å²) in [5.41, 5.74) is 1.39. The van der Waals surface area contributed by atoms with Crippen LogP contribution >= 0.6 is 0 Å². The molecule has 0 saturated heterocycles. The Morgan fingerprint density at radius 3 is 2.40 bits per heavy atom. The summed E-state index contributed by atoms with van der Waals surface area (Å²) < 4.78 is 26.8. The fourth-order valence-corrected chi connectivity index (χ4v) is 2.50. The summed E-state index contributed by atoms with van der Waals surface area (Å²) in [5.74, 6) is -0.689. The molecular formula is C20H22F2N2O. The van der Waals surface area contributed by atoms with Gasteiger partial charge < -0.3 is 4.90 Å². The number of likely N-dealkylation sites (N-methyl/N-ethyl adjacent to an activating group) is 1. The van der Waals surface area contributed by atoms with Crippen LogP contribution in [0, 0.1) is 11.6 Å². The Morgan fingerprint density at radius 2 is 1.76 bits per heavy atom. The maximum atomic E-state index is 13.8. The first kappa shape index (κ1) is 18.8. The van der Waals surface area contributed by atoms with Gasteiger partial charge in [0.15, 0.2) is 0 Å². The molecule has 0 aliphatic carbocycles. The van der Waals surface area contributed by atoms with Crippen molar-refractivity contribution in [1.29, 1.82) is 0 Å². The average Bonchev–Trinajstić information content (AvgIpc) is 2.59. The summed E-state index contributed by atoms with van der Waals surface area (Å²) in [4.78, 5) is 15.9. The number of rotatable bonds is 8. The fourth-order valence-electron chi connectivity index (χ4n) is 2.50. The normalized spacial score (nSPS) is 10.7. The number of carbonyl (C=O) groups is 1. The van der Waals surface area contributed by atoms with Crippen LogP contribution in [0.15, 0.2) is 61.2 Å². The molecule has 0 bridgehead atoms. The van der Waals surface area contributed by atoms with Crippen LogP contribution in [-0.4, -0.2) is 35.8 Å². The molecule has 0 fully saturated rings. The van der Waals surface area contributed by atoms with Crippen LogP contribution in [-0.2, 0) is 17.9 Å². The van der Waals surface area contributed by atoms with E-state index < -0.39 is 0 Å².